The summed E-state index contributed by atoms with van der Waals surface area (Å²) in [6, 6.07) is 4.23. The first-order valence-electron chi connectivity index (χ1n) is 5.53. The van der Waals surface area contributed by atoms with E-state index in [9.17, 15) is 0 Å². The van der Waals surface area contributed by atoms with Crippen molar-refractivity contribution < 1.29 is 0 Å². The summed E-state index contributed by atoms with van der Waals surface area (Å²) in [7, 11) is 0. The average Bonchev–Trinajstić information content (AvgIpc) is 2.23. The van der Waals surface area contributed by atoms with Crippen molar-refractivity contribution in [1.29, 1.82) is 0 Å². The molecule has 1 aliphatic carbocycles. The van der Waals surface area contributed by atoms with Gasteiger partial charge in [-0.05, 0) is 53.2 Å². The molecule has 0 nitrogen and oxygen atoms in total. The molecule has 1 aromatic carbocycles. The Labute approximate surface area is 86.0 Å². The van der Waals surface area contributed by atoms with Crippen molar-refractivity contribution in [2.75, 3.05) is 0 Å². The molecule has 0 N–H and O–H groups in total. The molecule has 0 amide bonds. The molecule has 0 aliphatic heterocycles. The van der Waals surface area contributed by atoms with E-state index >= 15 is 0 Å². The van der Waals surface area contributed by atoms with Gasteiger partial charge in [0.05, 0.1) is 0 Å². The average molecular weight is 186 g/mol. The van der Waals surface area contributed by atoms with Crippen LogP contribution in [0.2, 0.25) is 0 Å². The predicted molar refractivity (Wildman–Crippen MR) is 62.7 cm³/mol. The second kappa shape index (κ2) is 3.61. The van der Waals surface area contributed by atoms with Crippen LogP contribution < -0.4 is 10.4 Å². The van der Waals surface area contributed by atoms with Crippen molar-refractivity contribution in [1.82, 2.24) is 0 Å². The normalized spacial score (nSPS) is 20.5. The van der Waals surface area contributed by atoms with Gasteiger partial charge in [0.2, 0.25) is 0 Å². The highest BCUT2D eigenvalue weighted by Gasteiger charge is 2.19. The molecule has 74 valence electrons. The molecule has 2 rings (SSSR count). The zero-order valence-corrected chi connectivity index (χ0v) is 8.97. The Kier molecular flexibility index (Phi) is 2.45. The molecule has 0 saturated heterocycles. The second-order valence-electron chi connectivity index (χ2n) is 4.27. The standard InChI is InChI=1S/C14H18/c1-4-12-6-5-7-13-10(2)8-9-11(3)14(12)13/h8-9,12H,2-7H2,1H3/t12-/m0/s1. The molecule has 1 aliphatic rings. The van der Waals surface area contributed by atoms with Gasteiger partial charge in [-0.3, -0.25) is 0 Å². The van der Waals surface area contributed by atoms with E-state index in [1.165, 1.54) is 47.2 Å². The van der Waals surface area contributed by atoms with Crippen LogP contribution in [0.25, 0.3) is 13.2 Å². The minimum Gasteiger partial charge on any atom is -0.0915 e. The summed E-state index contributed by atoms with van der Waals surface area (Å²) >= 11 is 0. The molecule has 1 aromatic rings. The van der Waals surface area contributed by atoms with Crippen molar-refractivity contribution in [3.8, 4) is 0 Å². The van der Waals surface area contributed by atoms with Gasteiger partial charge >= 0.3 is 0 Å². The van der Waals surface area contributed by atoms with Crippen LogP contribution in [0, 0.1) is 0 Å². The summed E-state index contributed by atoms with van der Waals surface area (Å²) in [6.07, 6.45) is 5.08. The van der Waals surface area contributed by atoms with E-state index in [1.807, 2.05) is 0 Å². The van der Waals surface area contributed by atoms with Gasteiger partial charge in [-0.25, -0.2) is 0 Å². The number of rotatable bonds is 1. The molecule has 0 bridgehead atoms. The minimum absolute atomic E-state index is 0.730. The third-order valence-corrected chi connectivity index (χ3v) is 3.42. The number of benzene rings is 1. The van der Waals surface area contributed by atoms with Crippen LogP contribution in [0.3, 0.4) is 0 Å². The Hall–Kier alpha value is -1.04. The van der Waals surface area contributed by atoms with E-state index in [-0.39, 0.29) is 0 Å². The molecular weight excluding hydrogens is 168 g/mol. The van der Waals surface area contributed by atoms with Crippen molar-refractivity contribution in [3.05, 3.63) is 33.7 Å². The Morgan fingerprint density at radius 1 is 1.29 bits per heavy atom. The van der Waals surface area contributed by atoms with Crippen LogP contribution in [0.5, 0.6) is 0 Å². The highest BCUT2D eigenvalue weighted by molar-refractivity contribution is 5.37. The number of hydrogen-bond donors (Lipinski definition) is 0. The largest absolute Gasteiger partial charge is 0.0915 e. The smallest absolute Gasteiger partial charge is 0.0156 e. The zero-order valence-electron chi connectivity index (χ0n) is 8.97. The molecule has 0 fully saturated rings. The highest BCUT2D eigenvalue weighted by Crippen LogP contribution is 2.29. The van der Waals surface area contributed by atoms with E-state index < -0.39 is 0 Å². The Morgan fingerprint density at radius 2 is 2.00 bits per heavy atom. The fraction of sp³-hybridized carbons (Fsp3) is 0.429. The SMILES string of the molecule is C=c1ccc(=C)c2c1CCC[C@@H]2CC. The lowest BCUT2D eigenvalue weighted by Crippen LogP contribution is -2.26. The first kappa shape index (κ1) is 9.51. The molecule has 0 unspecified atom stereocenters. The maximum absolute atomic E-state index is 4.15. The van der Waals surface area contributed by atoms with Crippen LogP contribution >= 0.6 is 0 Å². The first-order chi connectivity index (χ1) is 6.74. The maximum Gasteiger partial charge on any atom is -0.0156 e. The van der Waals surface area contributed by atoms with Crippen LogP contribution in [0.15, 0.2) is 12.1 Å². The first-order valence-corrected chi connectivity index (χ1v) is 5.53. The minimum atomic E-state index is 0.730. The lowest BCUT2D eigenvalue weighted by Gasteiger charge is -2.25. The lowest BCUT2D eigenvalue weighted by atomic mass is 9.80. The number of hydrogen-bond acceptors (Lipinski definition) is 0. The summed E-state index contributed by atoms with van der Waals surface area (Å²) in [6.45, 7) is 10.5. The second-order valence-corrected chi connectivity index (χ2v) is 4.27. The summed E-state index contributed by atoms with van der Waals surface area (Å²) in [5.74, 6) is 0.730. The summed E-state index contributed by atoms with van der Waals surface area (Å²) < 4.78 is 0. The molecule has 0 saturated carbocycles. The third kappa shape index (κ3) is 1.39. The van der Waals surface area contributed by atoms with Gasteiger partial charge in [-0.15, -0.1) is 0 Å². The van der Waals surface area contributed by atoms with E-state index in [0.717, 1.165) is 5.92 Å². The molecule has 0 aromatic heterocycles. The molecule has 0 heterocycles. The van der Waals surface area contributed by atoms with Crippen LogP contribution in [0.1, 0.15) is 43.2 Å². The van der Waals surface area contributed by atoms with Gasteiger partial charge in [-0.1, -0.05) is 32.2 Å². The van der Waals surface area contributed by atoms with Crippen molar-refractivity contribution >= 4 is 13.2 Å². The van der Waals surface area contributed by atoms with Crippen LogP contribution in [-0.4, -0.2) is 0 Å². The highest BCUT2D eigenvalue weighted by atomic mass is 14.2. The molecule has 0 heteroatoms. The van der Waals surface area contributed by atoms with Gasteiger partial charge < -0.3 is 0 Å². The molecule has 1 atom stereocenters. The molecule has 0 radical (unpaired) electrons. The topological polar surface area (TPSA) is 0 Å². The van der Waals surface area contributed by atoms with Crippen molar-refractivity contribution in [2.45, 2.75) is 38.5 Å². The van der Waals surface area contributed by atoms with Crippen molar-refractivity contribution in [3.63, 3.8) is 0 Å². The predicted octanol–water partition coefficient (Wildman–Crippen LogP) is 2.34. The Morgan fingerprint density at radius 3 is 2.71 bits per heavy atom. The Bertz CT molecular complexity index is 428. The summed E-state index contributed by atoms with van der Waals surface area (Å²) in [4.78, 5) is 0. The van der Waals surface area contributed by atoms with Crippen LogP contribution in [0.4, 0.5) is 0 Å². The van der Waals surface area contributed by atoms with Crippen LogP contribution in [-0.2, 0) is 6.42 Å². The quantitative estimate of drug-likeness (QED) is 0.631. The van der Waals surface area contributed by atoms with Gasteiger partial charge in [0, 0.05) is 0 Å². The van der Waals surface area contributed by atoms with Crippen molar-refractivity contribution in [2.24, 2.45) is 0 Å². The summed E-state index contributed by atoms with van der Waals surface area (Å²) in [5, 5.41) is 2.43. The van der Waals surface area contributed by atoms with Gasteiger partial charge in [0.25, 0.3) is 0 Å². The maximum atomic E-state index is 4.15. The lowest BCUT2D eigenvalue weighted by molar-refractivity contribution is 0.536. The van der Waals surface area contributed by atoms with E-state index in [0.29, 0.717) is 0 Å². The van der Waals surface area contributed by atoms with Gasteiger partial charge in [0.1, 0.15) is 0 Å². The summed E-state index contributed by atoms with van der Waals surface area (Å²) in [5.41, 5.74) is 2.99. The molecular formula is C14H18. The zero-order chi connectivity index (χ0) is 10.1. The van der Waals surface area contributed by atoms with E-state index in [4.69, 9.17) is 0 Å². The molecule has 0 spiro atoms. The monoisotopic (exact) mass is 186 g/mol. The van der Waals surface area contributed by atoms with E-state index in [2.05, 4.69) is 32.2 Å². The fourth-order valence-electron chi connectivity index (χ4n) is 2.64. The fourth-order valence-corrected chi connectivity index (χ4v) is 2.64. The van der Waals surface area contributed by atoms with Gasteiger partial charge in [-0.2, -0.15) is 0 Å². The van der Waals surface area contributed by atoms with E-state index in [1.54, 1.807) is 0 Å². The third-order valence-electron chi connectivity index (χ3n) is 3.42. The molecule has 14 heavy (non-hydrogen) atoms. The number of fused-ring (bicyclic) bond motifs is 1. The Balaban J connectivity index is 2.67. The van der Waals surface area contributed by atoms with Gasteiger partial charge in [0.15, 0.2) is 0 Å².